The van der Waals surface area contributed by atoms with E-state index in [4.69, 9.17) is 34.8 Å². The molecule has 0 atom stereocenters. The molecule has 0 bridgehead atoms. The van der Waals surface area contributed by atoms with Crippen molar-refractivity contribution in [1.82, 2.24) is 4.98 Å². The molecule has 5 heteroatoms. The molecule has 3 rings (SSSR count). The lowest BCUT2D eigenvalue weighted by Crippen LogP contribution is -2.03. The number of aromatic nitrogens is 1. The van der Waals surface area contributed by atoms with Crippen molar-refractivity contribution in [3.05, 3.63) is 68.8 Å². The number of H-pyrrole nitrogens is 1. The van der Waals surface area contributed by atoms with Crippen LogP contribution in [0.25, 0.3) is 10.9 Å². The smallest absolute Gasteiger partial charge is 0.169 e. The third-order valence-corrected chi connectivity index (χ3v) is 4.36. The fraction of sp³-hybridized carbons (Fsp3) is 0.0625. The van der Waals surface area contributed by atoms with Crippen molar-refractivity contribution < 1.29 is 4.79 Å². The summed E-state index contributed by atoms with van der Waals surface area (Å²) in [6.07, 6.45) is 1.94. The topological polar surface area (TPSA) is 32.9 Å². The van der Waals surface area contributed by atoms with Gasteiger partial charge in [-0.2, -0.15) is 0 Å². The molecule has 1 N–H and O–H groups in total. The number of rotatable bonds is 3. The number of ketones is 1. The van der Waals surface area contributed by atoms with Crippen molar-refractivity contribution in [1.29, 1.82) is 0 Å². The molecule has 0 saturated carbocycles. The number of carbonyl (C=O) groups is 1. The van der Waals surface area contributed by atoms with E-state index in [1.54, 1.807) is 30.5 Å². The predicted molar refractivity (Wildman–Crippen MR) is 87.8 cm³/mol. The molecule has 21 heavy (non-hydrogen) atoms. The normalized spacial score (nSPS) is 11.0. The summed E-state index contributed by atoms with van der Waals surface area (Å²) >= 11 is 18.0. The van der Waals surface area contributed by atoms with Crippen molar-refractivity contribution in [2.75, 3.05) is 0 Å². The van der Waals surface area contributed by atoms with Crippen molar-refractivity contribution in [2.24, 2.45) is 0 Å². The fourth-order valence-electron chi connectivity index (χ4n) is 2.29. The van der Waals surface area contributed by atoms with Crippen LogP contribution in [0.2, 0.25) is 15.1 Å². The van der Waals surface area contributed by atoms with Crippen LogP contribution in [-0.4, -0.2) is 10.8 Å². The number of hydrogen-bond donors (Lipinski definition) is 1. The summed E-state index contributed by atoms with van der Waals surface area (Å²) in [5.41, 5.74) is 2.25. The van der Waals surface area contributed by atoms with E-state index in [0.717, 1.165) is 16.5 Å². The van der Waals surface area contributed by atoms with Crippen LogP contribution in [0.3, 0.4) is 0 Å². The van der Waals surface area contributed by atoms with Gasteiger partial charge in [-0.25, -0.2) is 0 Å². The summed E-state index contributed by atoms with van der Waals surface area (Å²) in [6, 6.07) is 10.7. The molecule has 1 aromatic heterocycles. The van der Waals surface area contributed by atoms with Gasteiger partial charge in [0, 0.05) is 29.1 Å². The maximum Gasteiger partial charge on any atom is 0.169 e. The van der Waals surface area contributed by atoms with E-state index < -0.39 is 0 Å². The van der Waals surface area contributed by atoms with Gasteiger partial charge in [0.2, 0.25) is 0 Å². The maximum atomic E-state index is 12.5. The van der Waals surface area contributed by atoms with E-state index in [2.05, 4.69) is 4.98 Å². The Bertz CT molecular complexity index is 839. The van der Waals surface area contributed by atoms with Crippen molar-refractivity contribution in [3.63, 3.8) is 0 Å². The van der Waals surface area contributed by atoms with Crippen molar-refractivity contribution in [3.8, 4) is 0 Å². The van der Waals surface area contributed by atoms with Crippen LogP contribution < -0.4 is 0 Å². The summed E-state index contributed by atoms with van der Waals surface area (Å²) < 4.78 is 0. The number of nitrogens with one attached hydrogen (secondary N) is 1. The second-order valence-corrected chi connectivity index (χ2v) is 5.93. The fourth-order valence-corrected chi connectivity index (χ4v) is 2.89. The Morgan fingerprint density at radius 3 is 2.57 bits per heavy atom. The number of hydrogen-bond acceptors (Lipinski definition) is 1. The van der Waals surface area contributed by atoms with Crippen LogP contribution in [0, 0.1) is 0 Å². The summed E-state index contributed by atoms with van der Waals surface area (Å²) in [7, 11) is 0. The SMILES string of the molecule is O=C(Cc1ccc(Cl)c(Cl)c1)c1c[nH]c2cccc(Cl)c12. The summed E-state index contributed by atoms with van der Waals surface area (Å²) in [5.74, 6) is -0.0206. The molecule has 3 aromatic rings. The van der Waals surface area contributed by atoms with Gasteiger partial charge in [0.15, 0.2) is 5.78 Å². The largest absolute Gasteiger partial charge is 0.360 e. The Kier molecular flexibility index (Phi) is 3.94. The van der Waals surface area contributed by atoms with Crippen LogP contribution in [0.1, 0.15) is 15.9 Å². The highest BCUT2D eigenvalue weighted by Crippen LogP contribution is 2.28. The van der Waals surface area contributed by atoms with Crippen LogP contribution >= 0.6 is 34.8 Å². The molecule has 0 saturated heterocycles. The lowest BCUT2D eigenvalue weighted by molar-refractivity contribution is 0.0994. The zero-order chi connectivity index (χ0) is 15.0. The van der Waals surface area contributed by atoms with Gasteiger partial charge < -0.3 is 4.98 Å². The molecule has 0 fully saturated rings. The molecule has 106 valence electrons. The predicted octanol–water partition coefficient (Wildman–Crippen LogP) is 5.55. The Balaban J connectivity index is 1.95. The van der Waals surface area contributed by atoms with Gasteiger partial charge in [0.1, 0.15) is 0 Å². The Morgan fingerprint density at radius 1 is 1.00 bits per heavy atom. The van der Waals surface area contributed by atoms with Crippen LogP contribution in [-0.2, 0) is 6.42 Å². The lowest BCUT2D eigenvalue weighted by Gasteiger charge is -2.03. The molecule has 2 aromatic carbocycles. The van der Waals surface area contributed by atoms with Crippen LogP contribution in [0.4, 0.5) is 0 Å². The molecule has 0 radical (unpaired) electrons. The van der Waals surface area contributed by atoms with Gasteiger partial charge in [-0.3, -0.25) is 4.79 Å². The molecule has 0 spiro atoms. The molecule has 0 aliphatic carbocycles. The van der Waals surface area contributed by atoms with E-state index in [-0.39, 0.29) is 12.2 Å². The van der Waals surface area contributed by atoms with Gasteiger partial charge in [-0.05, 0) is 29.8 Å². The third kappa shape index (κ3) is 2.80. The first-order chi connectivity index (χ1) is 10.1. The van der Waals surface area contributed by atoms with Gasteiger partial charge in [-0.1, -0.05) is 46.9 Å². The number of Topliss-reactive ketones (excluding diaryl/α,β-unsaturated/α-hetero) is 1. The first-order valence-corrected chi connectivity index (χ1v) is 7.42. The maximum absolute atomic E-state index is 12.5. The Morgan fingerprint density at radius 2 is 1.81 bits per heavy atom. The Labute approximate surface area is 136 Å². The van der Waals surface area contributed by atoms with Crippen molar-refractivity contribution >= 4 is 51.5 Å². The standard InChI is InChI=1S/C16H10Cl3NO/c17-11-5-4-9(6-13(11)19)7-15(21)10-8-20-14-3-1-2-12(18)16(10)14/h1-6,8,20H,7H2. The second kappa shape index (κ2) is 5.72. The van der Waals surface area contributed by atoms with Gasteiger partial charge in [0.05, 0.1) is 15.1 Å². The van der Waals surface area contributed by atoms with Crippen LogP contribution in [0.15, 0.2) is 42.6 Å². The minimum absolute atomic E-state index is 0.0206. The number of benzene rings is 2. The zero-order valence-electron chi connectivity index (χ0n) is 10.8. The van der Waals surface area contributed by atoms with Crippen LogP contribution in [0.5, 0.6) is 0 Å². The van der Waals surface area contributed by atoms with E-state index >= 15 is 0 Å². The molecule has 0 aliphatic rings. The van der Waals surface area contributed by atoms with Gasteiger partial charge in [-0.15, -0.1) is 0 Å². The minimum atomic E-state index is -0.0206. The molecule has 0 aliphatic heterocycles. The highest BCUT2D eigenvalue weighted by molar-refractivity contribution is 6.42. The lowest BCUT2D eigenvalue weighted by atomic mass is 10.0. The molecule has 0 amide bonds. The molecular formula is C16H10Cl3NO. The molecular weight excluding hydrogens is 329 g/mol. The molecule has 0 unspecified atom stereocenters. The summed E-state index contributed by atoms with van der Waals surface area (Å²) in [5, 5.41) is 2.23. The second-order valence-electron chi connectivity index (χ2n) is 4.71. The highest BCUT2D eigenvalue weighted by Gasteiger charge is 2.15. The average Bonchev–Trinajstić information content (AvgIpc) is 2.88. The molecule has 2 nitrogen and oxygen atoms in total. The number of halogens is 3. The third-order valence-electron chi connectivity index (χ3n) is 3.30. The zero-order valence-corrected chi connectivity index (χ0v) is 13.1. The quantitative estimate of drug-likeness (QED) is 0.624. The minimum Gasteiger partial charge on any atom is -0.360 e. The number of fused-ring (bicyclic) bond motifs is 1. The van der Waals surface area contributed by atoms with Crippen molar-refractivity contribution in [2.45, 2.75) is 6.42 Å². The summed E-state index contributed by atoms with van der Waals surface area (Å²) in [4.78, 5) is 15.5. The van der Waals surface area contributed by atoms with Gasteiger partial charge >= 0.3 is 0 Å². The monoisotopic (exact) mass is 337 g/mol. The number of aromatic amines is 1. The van der Waals surface area contributed by atoms with E-state index in [0.29, 0.717) is 20.6 Å². The van der Waals surface area contributed by atoms with E-state index in [1.165, 1.54) is 0 Å². The number of carbonyl (C=O) groups excluding carboxylic acids is 1. The summed E-state index contributed by atoms with van der Waals surface area (Å²) in [6.45, 7) is 0. The first kappa shape index (κ1) is 14.5. The average molecular weight is 339 g/mol. The van der Waals surface area contributed by atoms with Gasteiger partial charge in [0.25, 0.3) is 0 Å². The van der Waals surface area contributed by atoms with E-state index in [9.17, 15) is 4.79 Å². The molecule has 1 heterocycles. The highest BCUT2D eigenvalue weighted by atomic mass is 35.5. The first-order valence-electron chi connectivity index (χ1n) is 6.29. The Hall–Kier alpha value is -1.48. The van der Waals surface area contributed by atoms with E-state index in [1.807, 2.05) is 12.1 Å².